The van der Waals surface area contributed by atoms with Gasteiger partial charge in [0.05, 0.1) is 6.61 Å². The number of anilines is 1. The van der Waals surface area contributed by atoms with E-state index >= 15 is 0 Å². The molecule has 0 radical (unpaired) electrons. The molecule has 0 saturated carbocycles. The van der Waals surface area contributed by atoms with Gasteiger partial charge in [-0.05, 0) is 12.1 Å². The van der Waals surface area contributed by atoms with Gasteiger partial charge in [0.1, 0.15) is 5.75 Å². The summed E-state index contributed by atoms with van der Waals surface area (Å²) in [4.78, 5) is 1.84. The number of benzene rings is 1. The second kappa shape index (κ2) is 7.59. The molecule has 0 bridgehead atoms. The summed E-state index contributed by atoms with van der Waals surface area (Å²) < 4.78 is 41.8. The molecule has 1 aromatic carbocycles. The Kier molecular flexibility index (Phi) is 7.62. The molecule has 18 heavy (non-hydrogen) atoms. The van der Waals surface area contributed by atoms with Crippen molar-refractivity contribution in [1.29, 1.82) is 0 Å². The van der Waals surface area contributed by atoms with Crippen LogP contribution in [0.25, 0.3) is 0 Å². The van der Waals surface area contributed by atoms with Crippen molar-refractivity contribution in [3.8, 4) is 5.75 Å². The van der Waals surface area contributed by atoms with Crippen molar-refractivity contribution in [3.05, 3.63) is 36.3 Å². The smallest absolute Gasteiger partial charge is 0.492 e. The van der Waals surface area contributed by atoms with Crippen LogP contribution >= 0.6 is 0 Å². The van der Waals surface area contributed by atoms with Gasteiger partial charge in [0.2, 0.25) is 0 Å². The zero-order valence-corrected chi connectivity index (χ0v) is 13.9. The summed E-state index contributed by atoms with van der Waals surface area (Å²) in [5.41, 5.74) is 0.0332. The SMILES string of the molecule is C=C(COc1cccc(N(C)C)c1)[B-](F)(F)F.[K+]. The monoisotopic (exact) mass is 283 g/mol. The van der Waals surface area contributed by atoms with E-state index in [1.165, 1.54) is 0 Å². The summed E-state index contributed by atoms with van der Waals surface area (Å²) in [5, 5.41) is 0. The second-order valence-corrected chi connectivity index (χ2v) is 3.91. The number of nitrogens with zero attached hydrogens (tertiary/aromatic N) is 1. The minimum Gasteiger partial charge on any atom is -0.492 e. The van der Waals surface area contributed by atoms with Gasteiger partial charge in [0.15, 0.2) is 0 Å². The fourth-order valence-electron chi connectivity index (χ4n) is 1.12. The molecule has 2 nitrogen and oxygen atoms in total. The molecule has 0 N–H and O–H groups in total. The van der Waals surface area contributed by atoms with E-state index in [2.05, 4.69) is 6.58 Å². The van der Waals surface area contributed by atoms with Crippen molar-refractivity contribution in [1.82, 2.24) is 0 Å². The van der Waals surface area contributed by atoms with Crippen LogP contribution in [0.5, 0.6) is 5.75 Å². The van der Waals surface area contributed by atoms with Gasteiger partial charge in [-0.1, -0.05) is 6.07 Å². The van der Waals surface area contributed by atoms with Gasteiger partial charge < -0.3 is 22.6 Å². The van der Waals surface area contributed by atoms with Crippen LogP contribution in [0, 0.1) is 0 Å². The molecule has 7 heteroatoms. The van der Waals surface area contributed by atoms with Crippen molar-refractivity contribution < 1.29 is 69.1 Å². The molecular weight excluding hydrogens is 269 g/mol. The second-order valence-electron chi connectivity index (χ2n) is 3.91. The Morgan fingerprint density at radius 1 is 1.33 bits per heavy atom. The average molecular weight is 283 g/mol. The molecule has 0 aliphatic rings. The topological polar surface area (TPSA) is 12.5 Å². The van der Waals surface area contributed by atoms with E-state index in [1.54, 1.807) is 18.2 Å². The van der Waals surface area contributed by atoms with Crippen molar-refractivity contribution in [2.45, 2.75) is 0 Å². The molecule has 0 atom stereocenters. The van der Waals surface area contributed by atoms with Crippen molar-refractivity contribution >= 4 is 12.7 Å². The fraction of sp³-hybridized carbons (Fsp3) is 0.273. The zero-order valence-electron chi connectivity index (χ0n) is 10.8. The first kappa shape index (κ1) is 18.1. The maximum Gasteiger partial charge on any atom is 1.00 e. The quantitative estimate of drug-likeness (QED) is 0.710. The van der Waals surface area contributed by atoms with Gasteiger partial charge in [0.25, 0.3) is 0 Å². The first-order chi connectivity index (χ1) is 7.80. The van der Waals surface area contributed by atoms with Crippen LogP contribution in [-0.4, -0.2) is 27.7 Å². The van der Waals surface area contributed by atoms with Crippen LogP contribution in [0.1, 0.15) is 0 Å². The van der Waals surface area contributed by atoms with E-state index in [1.807, 2.05) is 25.1 Å². The molecule has 0 spiro atoms. The Morgan fingerprint density at radius 3 is 2.44 bits per heavy atom. The van der Waals surface area contributed by atoms with E-state index in [-0.39, 0.29) is 51.4 Å². The van der Waals surface area contributed by atoms with Gasteiger partial charge in [-0.25, -0.2) is 0 Å². The van der Waals surface area contributed by atoms with Crippen molar-refractivity contribution in [2.24, 2.45) is 0 Å². The fourth-order valence-corrected chi connectivity index (χ4v) is 1.12. The standard InChI is InChI=1S/C11H14BF3NO.K/c1-9(12(13,14)15)8-17-11-6-4-5-10(7-11)16(2)3;/h4-7H,1,8H2,2-3H3;/q-1;+1. The summed E-state index contributed by atoms with van der Waals surface area (Å²) in [6.07, 6.45) is 0. The first-order valence-electron chi connectivity index (χ1n) is 5.08. The van der Waals surface area contributed by atoms with Gasteiger partial charge in [0, 0.05) is 25.8 Å². The number of rotatable bonds is 5. The van der Waals surface area contributed by atoms with Crippen LogP contribution in [0.4, 0.5) is 18.6 Å². The summed E-state index contributed by atoms with van der Waals surface area (Å²) >= 11 is 0. The normalized spacial score (nSPS) is 10.5. The molecule has 0 aliphatic heterocycles. The molecule has 0 saturated heterocycles. The van der Waals surface area contributed by atoms with Gasteiger partial charge in [-0.15, -0.1) is 12.1 Å². The van der Waals surface area contributed by atoms with Crippen LogP contribution in [0.2, 0.25) is 0 Å². The Hall–Kier alpha value is 0.0513. The average Bonchev–Trinajstić information content (AvgIpc) is 2.25. The molecule has 0 heterocycles. The molecule has 0 amide bonds. The molecule has 0 aliphatic carbocycles. The molecular formula is C11H14BF3KNO. The Labute approximate surface area is 148 Å². The third-order valence-electron chi connectivity index (χ3n) is 2.22. The van der Waals surface area contributed by atoms with Crippen LogP contribution in [-0.2, 0) is 0 Å². The van der Waals surface area contributed by atoms with Gasteiger partial charge >= 0.3 is 58.4 Å². The van der Waals surface area contributed by atoms with Crippen LogP contribution in [0.15, 0.2) is 36.3 Å². The van der Waals surface area contributed by atoms with E-state index in [0.717, 1.165) is 5.69 Å². The largest absolute Gasteiger partial charge is 1.00 e. The molecule has 0 unspecified atom stereocenters. The third kappa shape index (κ3) is 5.79. The van der Waals surface area contributed by atoms with E-state index in [4.69, 9.17) is 4.74 Å². The predicted molar refractivity (Wildman–Crippen MR) is 64.5 cm³/mol. The molecule has 0 aromatic heterocycles. The summed E-state index contributed by atoms with van der Waals surface area (Å²) in [5.74, 6) is 0.400. The van der Waals surface area contributed by atoms with Crippen LogP contribution in [0.3, 0.4) is 0 Å². The van der Waals surface area contributed by atoms with E-state index in [0.29, 0.717) is 5.75 Å². The summed E-state index contributed by atoms with van der Waals surface area (Å²) in [6.45, 7) is -2.58. The zero-order chi connectivity index (χ0) is 13.1. The van der Waals surface area contributed by atoms with Crippen molar-refractivity contribution in [3.63, 3.8) is 0 Å². The maximum absolute atomic E-state index is 12.2. The van der Waals surface area contributed by atoms with Gasteiger partial charge in [-0.3, -0.25) is 0 Å². The Morgan fingerprint density at radius 2 is 1.94 bits per heavy atom. The number of hydrogen-bond acceptors (Lipinski definition) is 2. The van der Waals surface area contributed by atoms with Gasteiger partial charge in [-0.2, -0.15) is 0 Å². The molecule has 1 rings (SSSR count). The number of hydrogen-bond donors (Lipinski definition) is 0. The predicted octanol–water partition coefficient (Wildman–Crippen LogP) is 0.0782. The first-order valence-corrected chi connectivity index (χ1v) is 5.08. The van der Waals surface area contributed by atoms with E-state index in [9.17, 15) is 12.9 Å². The Balaban J connectivity index is 0.00000289. The molecule has 0 fully saturated rings. The minimum absolute atomic E-state index is 0. The summed E-state index contributed by atoms with van der Waals surface area (Å²) in [6, 6.07) is 6.86. The van der Waals surface area contributed by atoms with Crippen molar-refractivity contribution in [2.75, 3.05) is 25.6 Å². The molecule has 94 valence electrons. The summed E-state index contributed by atoms with van der Waals surface area (Å²) in [7, 11) is 3.69. The molecule has 1 aromatic rings. The number of ether oxygens (including phenoxy) is 1. The number of halogens is 3. The third-order valence-corrected chi connectivity index (χ3v) is 2.22. The van der Waals surface area contributed by atoms with E-state index < -0.39 is 19.1 Å². The maximum atomic E-state index is 12.2. The van der Waals surface area contributed by atoms with Crippen LogP contribution < -0.4 is 61.0 Å². The Bertz CT molecular complexity index is 410. The minimum atomic E-state index is -5.02.